The Morgan fingerprint density at radius 2 is 1.85 bits per heavy atom. The average molecular weight is 374 g/mol. The summed E-state index contributed by atoms with van der Waals surface area (Å²) in [5.41, 5.74) is 1.58. The van der Waals surface area contributed by atoms with E-state index in [-0.39, 0.29) is 16.7 Å². The fraction of sp³-hybridized carbons (Fsp3) is 0.316. The van der Waals surface area contributed by atoms with E-state index >= 15 is 0 Å². The maximum atomic E-state index is 12.3. The number of sulfonamides is 1. The van der Waals surface area contributed by atoms with E-state index in [1.54, 1.807) is 0 Å². The summed E-state index contributed by atoms with van der Waals surface area (Å²) < 4.78 is 31.0. The van der Waals surface area contributed by atoms with Crippen LogP contribution in [0.25, 0.3) is 0 Å². The Labute approximate surface area is 153 Å². The highest BCUT2D eigenvalue weighted by Crippen LogP contribution is 2.26. The number of ether oxygens (including phenoxy) is 1. The van der Waals surface area contributed by atoms with Gasteiger partial charge in [0.25, 0.3) is 5.91 Å². The number of para-hydroxylation sites is 1. The zero-order valence-electron chi connectivity index (χ0n) is 14.8. The van der Waals surface area contributed by atoms with Crippen LogP contribution in [0.4, 0.5) is 0 Å². The van der Waals surface area contributed by atoms with Gasteiger partial charge in [0.1, 0.15) is 5.75 Å². The second-order valence-corrected chi connectivity index (χ2v) is 8.66. The van der Waals surface area contributed by atoms with Gasteiger partial charge in [0, 0.05) is 32.1 Å². The number of hydrogen-bond donors (Lipinski definition) is 1. The molecule has 0 saturated carbocycles. The molecule has 0 bridgehead atoms. The first kappa shape index (κ1) is 18.4. The Hall–Kier alpha value is -2.38. The highest BCUT2D eigenvalue weighted by Gasteiger charge is 2.21. The molecule has 1 heterocycles. The van der Waals surface area contributed by atoms with E-state index < -0.39 is 10.0 Å². The van der Waals surface area contributed by atoms with Gasteiger partial charge in [0.2, 0.25) is 10.0 Å². The quantitative estimate of drug-likeness (QED) is 0.868. The summed E-state index contributed by atoms with van der Waals surface area (Å²) in [6.45, 7) is 1.07. The van der Waals surface area contributed by atoms with Crippen molar-refractivity contribution in [3.63, 3.8) is 0 Å². The molecule has 1 atom stereocenters. The normalized spacial score (nSPS) is 16.7. The second-order valence-electron chi connectivity index (χ2n) is 6.51. The highest BCUT2D eigenvalue weighted by molar-refractivity contribution is 7.89. The number of nitrogens with one attached hydrogen (secondary N) is 1. The van der Waals surface area contributed by atoms with E-state index in [2.05, 4.69) is 5.32 Å². The summed E-state index contributed by atoms with van der Waals surface area (Å²) in [6.07, 6.45) is 0.858. The third-order valence-corrected chi connectivity index (χ3v) is 6.23. The van der Waals surface area contributed by atoms with Crippen molar-refractivity contribution in [1.82, 2.24) is 9.62 Å². The predicted octanol–water partition coefficient (Wildman–Crippen LogP) is 1.92. The number of hydrogen-bond acceptors (Lipinski definition) is 4. The number of fused-ring (bicyclic) bond motifs is 1. The molecule has 2 aromatic rings. The standard InChI is InChI=1S/C19H22N2O4S/c1-21(2)26(23,24)17-9-7-15(8-10-17)19(22)20-12-14-11-16-5-3-4-6-18(16)25-13-14/h3-10,14H,11-13H2,1-2H3,(H,20,22)/t14-/m0/s1. The fourth-order valence-corrected chi connectivity index (χ4v) is 3.75. The first-order valence-corrected chi connectivity index (χ1v) is 9.83. The van der Waals surface area contributed by atoms with Crippen LogP contribution in [-0.2, 0) is 16.4 Å². The van der Waals surface area contributed by atoms with Crippen LogP contribution in [-0.4, -0.2) is 45.9 Å². The lowest BCUT2D eigenvalue weighted by Gasteiger charge is -2.25. The van der Waals surface area contributed by atoms with Gasteiger partial charge < -0.3 is 10.1 Å². The first-order chi connectivity index (χ1) is 12.4. The van der Waals surface area contributed by atoms with Crippen molar-refractivity contribution < 1.29 is 17.9 Å². The average Bonchev–Trinajstić information content (AvgIpc) is 2.66. The van der Waals surface area contributed by atoms with Crippen LogP contribution in [0, 0.1) is 5.92 Å². The summed E-state index contributed by atoms with van der Waals surface area (Å²) in [5.74, 6) is 0.896. The van der Waals surface area contributed by atoms with Gasteiger partial charge in [-0.1, -0.05) is 18.2 Å². The van der Waals surface area contributed by atoms with Crippen molar-refractivity contribution in [2.24, 2.45) is 5.92 Å². The zero-order valence-corrected chi connectivity index (χ0v) is 15.6. The van der Waals surface area contributed by atoms with Gasteiger partial charge in [-0.05, 0) is 42.3 Å². The van der Waals surface area contributed by atoms with Crippen LogP contribution in [0.2, 0.25) is 0 Å². The number of nitrogens with zero attached hydrogens (tertiary/aromatic N) is 1. The van der Waals surface area contributed by atoms with E-state index in [1.807, 2.05) is 24.3 Å². The molecule has 138 valence electrons. The van der Waals surface area contributed by atoms with Crippen molar-refractivity contribution in [2.75, 3.05) is 27.2 Å². The fourth-order valence-electron chi connectivity index (χ4n) is 2.85. The number of carbonyl (C=O) groups is 1. The van der Waals surface area contributed by atoms with E-state index in [1.165, 1.54) is 38.4 Å². The largest absolute Gasteiger partial charge is 0.493 e. The van der Waals surface area contributed by atoms with Crippen molar-refractivity contribution in [3.05, 3.63) is 59.7 Å². The Morgan fingerprint density at radius 3 is 2.54 bits per heavy atom. The van der Waals surface area contributed by atoms with Crippen LogP contribution >= 0.6 is 0 Å². The molecular weight excluding hydrogens is 352 g/mol. The molecule has 1 amide bonds. The molecule has 0 saturated heterocycles. The molecule has 1 N–H and O–H groups in total. The molecule has 0 fully saturated rings. The van der Waals surface area contributed by atoms with Crippen LogP contribution in [0.1, 0.15) is 15.9 Å². The van der Waals surface area contributed by atoms with Gasteiger partial charge in [-0.15, -0.1) is 0 Å². The Morgan fingerprint density at radius 1 is 1.15 bits per heavy atom. The smallest absolute Gasteiger partial charge is 0.251 e. The van der Waals surface area contributed by atoms with Crippen molar-refractivity contribution in [3.8, 4) is 5.75 Å². The third kappa shape index (κ3) is 3.89. The molecule has 2 aromatic carbocycles. The SMILES string of the molecule is CN(C)S(=O)(=O)c1ccc(C(=O)NC[C@H]2COc3ccccc3C2)cc1. The summed E-state index contributed by atoms with van der Waals surface area (Å²) in [4.78, 5) is 12.5. The van der Waals surface area contributed by atoms with Crippen LogP contribution < -0.4 is 10.1 Å². The monoisotopic (exact) mass is 374 g/mol. The van der Waals surface area contributed by atoms with Crippen LogP contribution in [0.3, 0.4) is 0 Å². The lowest BCUT2D eigenvalue weighted by molar-refractivity contribution is 0.0939. The molecule has 26 heavy (non-hydrogen) atoms. The number of benzene rings is 2. The topological polar surface area (TPSA) is 75.7 Å². The summed E-state index contributed by atoms with van der Waals surface area (Å²) in [7, 11) is -0.547. The van der Waals surface area contributed by atoms with E-state index in [9.17, 15) is 13.2 Å². The number of carbonyl (C=O) groups excluding carboxylic acids is 1. The summed E-state index contributed by atoms with van der Waals surface area (Å²) >= 11 is 0. The molecular formula is C19H22N2O4S. The minimum Gasteiger partial charge on any atom is -0.493 e. The Balaban J connectivity index is 1.59. The minimum atomic E-state index is -3.49. The second kappa shape index (κ2) is 7.47. The first-order valence-electron chi connectivity index (χ1n) is 8.39. The molecule has 0 aliphatic carbocycles. The van der Waals surface area contributed by atoms with Crippen molar-refractivity contribution in [1.29, 1.82) is 0 Å². The third-order valence-electron chi connectivity index (χ3n) is 4.40. The summed E-state index contributed by atoms with van der Waals surface area (Å²) in [5, 5.41) is 2.90. The molecule has 3 rings (SSSR count). The zero-order chi connectivity index (χ0) is 18.7. The molecule has 1 aliphatic heterocycles. The Kier molecular flexibility index (Phi) is 5.29. The van der Waals surface area contributed by atoms with Crippen LogP contribution in [0.15, 0.2) is 53.4 Å². The predicted molar refractivity (Wildman–Crippen MR) is 98.8 cm³/mol. The Bertz CT molecular complexity index is 892. The van der Waals surface area contributed by atoms with Gasteiger partial charge in [0.05, 0.1) is 11.5 Å². The van der Waals surface area contributed by atoms with E-state index in [0.717, 1.165) is 22.0 Å². The highest BCUT2D eigenvalue weighted by atomic mass is 32.2. The van der Waals surface area contributed by atoms with E-state index in [0.29, 0.717) is 18.7 Å². The molecule has 1 aliphatic rings. The van der Waals surface area contributed by atoms with Gasteiger partial charge in [-0.3, -0.25) is 4.79 Å². The maximum absolute atomic E-state index is 12.3. The van der Waals surface area contributed by atoms with Crippen molar-refractivity contribution >= 4 is 15.9 Å². The van der Waals surface area contributed by atoms with Gasteiger partial charge in [-0.25, -0.2) is 12.7 Å². The minimum absolute atomic E-state index is 0.163. The molecule has 7 heteroatoms. The van der Waals surface area contributed by atoms with Crippen LogP contribution in [0.5, 0.6) is 5.75 Å². The van der Waals surface area contributed by atoms with E-state index in [4.69, 9.17) is 4.74 Å². The molecule has 0 unspecified atom stereocenters. The maximum Gasteiger partial charge on any atom is 0.251 e. The molecule has 0 aromatic heterocycles. The molecule has 0 radical (unpaired) electrons. The molecule has 0 spiro atoms. The number of rotatable bonds is 5. The summed E-state index contributed by atoms with van der Waals surface area (Å²) in [6, 6.07) is 13.9. The van der Waals surface area contributed by atoms with Gasteiger partial charge in [0.15, 0.2) is 0 Å². The van der Waals surface area contributed by atoms with Gasteiger partial charge in [-0.2, -0.15) is 0 Å². The lowest BCUT2D eigenvalue weighted by atomic mass is 9.96. The molecule has 6 nitrogen and oxygen atoms in total. The van der Waals surface area contributed by atoms with Crippen molar-refractivity contribution in [2.45, 2.75) is 11.3 Å². The lowest BCUT2D eigenvalue weighted by Crippen LogP contribution is -2.34. The number of amides is 1. The van der Waals surface area contributed by atoms with Gasteiger partial charge >= 0.3 is 0 Å².